The number of hydrogen-bond acceptors (Lipinski definition) is 4. The van der Waals surface area contributed by atoms with Crippen LogP contribution in [0.15, 0.2) is 79.1 Å². The molecule has 10 heteroatoms. The average molecular weight is 497 g/mol. The number of fused-ring (bicyclic) bond motifs is 2. The number of halogens is 4. The van der Waals surface area contributed by atoms with Crippen molar-refractivity contribution in [2.75, 3.05) is 7.11 Å². The number of aromatic nitrogens is 3. The first-order chi connectivity index (χ1) is 17.1. The van der Waals surface area contributed by atoms with Gasteiger partial charge < -0.3 is 14.4 Å². The van der Waals surface area contributed by atoms with Crippen LogP contribution < -0.4 is 0 Å². The van der Waals surface area contributed by atoms with Gasteiger partial charge in [-0.05, 0) is 48.0 Å². The van der Waals surface area contributed by atoms with Gasteiger partial charge in [0.2, 0.25) is 5.60 Å². The van der Waals surface area contributed by atoms with Crippen LogP contribution in [-0.2, 0) is 16.9 Å². The second-order valence-electron chi connectivity index (χ2n) is 8.34. The molecule has 3 aromatic carbocycles. The highest BCUT2D eigenvalue weighted by atomic mass is 19.4. The molecular weight excluding hydrogens is 478 g/mol. The van der Waals surface area contributed by atoms with Crippen molar-refractivity contribution in [1.82, 2.24) is 14.3 Å². The van der Waals surface area contributed by atoms with E-state index in [1.54, 1.807) is 24.3 Å². The van der Waals surface area contributed by atoms with Crippen molar-refractivity contribution in [2.45, 2.75) is 18.3 Å². The summed E-state index contributed by atoms with van der Waals surface area (Å²) in [5.74, 6) is -1.13. The van der Waals surface area contributed by atoms with Crippen molar-refractivity contribution >= 4 is 27.8 Å². The van der Waals surface area contributed by atoms with Crippen molar-refractivity contribution in [3.8, 4) is 5.69 Å². The molecule has 0 bridgehead atoms. The first-order valence-electron chi connectivity index (χ1n) is 10.8. The Bertz CT molecular complexity index is 1590. The molecule has 0 aliphatic heterocycles. The maximum Gasteiger partial charge on any atom is 0.423 e. The molecule has 0 aliphatic carbocycles. The number of carbonyl (C=O) groups is 1. The highest BCUT2D eigenvalue weighted by Crippen LogP contribution is 2.42. The fourth-order valence-corrected chi connectivity index (χ4v) is 4.32. The van der Waals surface area contributed by atoms with Crippen LogP contribution >= 0.6 is 0 Å². The minimum absolute atomic E-state index is 0.0913. The standard InChI is InChI=1S/C26H19F4N3O3/c1-36-24(34)21-14-32(23-5-3-2-4-20(21)23)15-25(35,26(28,29)30)17-6-11-22-16(12-17)13-31-33(22)19-9-7-18(27)8-10-19/h2-14,35H,15H2,1H3. The van der Waals surface area contributed by atoms with Gasteiger partial charge in [0, 0.05) is 22.5 Å². The summed E-state index contributed by atoms with van der Waals surface area (Å²) in [6.45, 7) is -0.897. The monoisotopic (exact) mass is 497 g/mol. The summed E-state index contributed by atoms with van der Waals surface area (Å²) in [5, 5.41) is 16.1. The number of aliphatic hydroxyl groups is 1. The van der Waals surface area contributed by atoms with Crippen LogP contribution in [0.2, 0.25) is 0 Å². The lowest BCUT2D eigenvalue weighted by Gasteiger charge is -2.31. The van der Waals surface area contributed by atoms with Gasteiger partial charge >= 0.3 is 12.1 Å². The largest absolute Gasteiger partial charge is 0.465 e. The zero-order valence-electron chi connectivity index (χ0n) is 18.8. The Morgan fingerprint density at radius 1 is 1.03 bits per heavy atom. The molecule has 0 aliphatic rings. The highest BCUT2D eigenvalue weighted by molar-refractivity contribution is 6.04. The van der Waals surface area contributed by atoms with Gasteiger partial charge in [0.05, 0.1) is 36.6 Å². The zero-order valence-corrected chi connectivity index (χ0v) is 18.8. The number of ether oxygens (including phenoxy) is 1. The minimum Gasteiger partial charge on any atom is -0.465 e. The Morgan fingerprint density at radius 3 is 2.44 bits per heavy atom. The number of nitrogens with zero attached hydrogens (tertiary/aromatic N) is 3. The summed E-state index contributed by atoms with van der Waals surface area (Å²) in [7, 11) is 1.18. The second-order valence-corrected chi connectivity index (χ2v) is 8.34. The fourth-order valence-electron chi connectivity index (χ4n) is 4.32. The number of rotatable bonds is 5. The Kier molecular flexibility index (Phi) is 5.55. The Hall–Kier alpha value is -4.18. The molecular formula is C26H19F4N3O3. The van der Waals surface area contributed by atoms with Crippen LogP contribution in [0.25, 0.3) is 27.5 Å². The summed E-state index contributed by atoms with van der Waals surface area (Å²) in [6.07, 6.45) is -2.43. The van der Waals surface area contributed by atoms with Gasteiger partial charge in [0.25, 0.3) is 0 Å². The van der Waals surface area contributed by atoms with E-state index in [2.05, 4.69) is 5.10 Å². The Balaban J connectivity index is 1.61. The molecule has 1 atom stereocenters. The van der Waals surface area contributed by atoms with E-state index >= 15 is 0 Å². The number of esters is 1. The third kappa shape index (κ3) is 3.79. The van der Waals surface area contributed by atoms with Crippen LogP contribution in [0.1, 0.15) is 15.9 Å². The minimum atomic E-state index is -5.05. The Labute approximate surface area is 201 Å². The molecule has 1 N–H and O–H groups in total. The molecule has 0 saturated carbocycles. The molecule has 0 fully saturated rings. The summed E-state index contributed by atoms with van der Waals surface area (Å²) in [5.41, 5.74) is -2.24. The van der Waals surface area contributed by atoms with Crippen molar-refractivity contribution < 1.29 is 32.2 Å². The van der Waals surface area contributed by atoms with E-state index in [9.17, 15) is 27.5 Å². The lowest BCUT2D eigenvalue weighted by Crippen LogP contribution is -2.45. The number of benzene rings is 3. The number of para-hydroxylation sites is 1. The number of alkyl halides is 3. The van der Waals surface area contributed by atoms with Gasteiger partial charge in [0.15, 0.2) is 0 Å². The predicted molar refractivity (Wildman–Crippen MR) is 124 cm³/mol. The van der Waals surface area contributed by atoms with Crippen LogP contribution in [0.5, 0.6) is 0 Å². The SMILES string of the molecule is COC(=O)c1cn(CC(O)(c2ccc3c(cnn3-c3ccc(F)cc3)c2)C(F)(F)F)c2ccccc12. The molecule has 6 nitrogen and oxygen atoms in total. The highest BCUT2D eigenvalue weighted by Gasteiger charge is 2.55. The molecule has 184 valence electrons. The zero-order chi connectivity index (χ0) is 25.7. The van der Waals surface area contributed by atoms with Crippen molar-refractivity contribution in [3.63, 3.8) is 0 Å². The number of hydrogen-bond donors (Lipinski definition) is 1. The number of carbonyl (C=O) groups excluding carboxylic acids is 1. The molecule has 0 radical (unpaired) electrons. The molecule has 0 saturated heterocycles. The average Bonchev–Trinajstić information content (AvgIpc) is 3.45. The third-order valence-electron chi connectivity index (χ3n) is 6.18. The van der Waals surface area contributed by atoms with Crippen LogP contribution in [-0.4, -0.2) is 38.7 Å². The van der Waals surface area contributed by atoms with Crippen molar-refractivity contribution in [3.05, 3.63) is 96.1 Å². The maximum atomic E-state index is 14.4. The molecule has 36 heavy (non-hydrogen) atoms. The molecule has 2 heterocycles. The summed E-state index contributed by atoms with van der Waals surface area (Å²) < 4.78 is 63.9. The van der Waals surface area contributed by atoms with Gasteiger partial charge in [-0.15, -0.1) is 0 Å². The van der Waals surface area contributed by atoms with Crippen LogP contribution in [0.3, 0.4) is 0 Å². The molecule has 2 aromatic heterocycles. The normalized spacial score (nSPS) is 13.7. The predicted octanol–water partition coefficient (Wildman–Crippen LogP) is 5.36. The molecule has 5 aromatic rings. The summed E-state index contributed by atoms with van der Waals surface area (Å²) in [6, 6.07) is 15.8. The summed E-state index contributed by atoms with van der Waals surface area (Å²) in [4.78, 5) is 12.2. The van der Waals surface area contributed by atoms with E-state index in [0.717, 1.165) is 0 Å². The molecule has 0 spiro atoms. The van der Waals surface area contributed by atoms with E-state index in [1.165, 1.54) is 71.2 Å². The molecule has 1 unspecified atom stereocenters. The van der Waals surface area contributed by atoms with Gasteiger partial charge in [-0.2, -0.15) is 18.3 Å². The fraction of sp³-hybridized carbons (Fsp3) is 0.154. The summed E-state index contributed by atoms with van der Waals surface area (Å²) >= 11 is 0. The van der Waals surface area contributed by atoms with Gasteiger partial charge in [-0.3, -0.25) is 0 Å². The van der Waals surface area contributed by atoms with Gasteiger partial charge in [-0.25, -0.2) is 13.9 Å². The van der Waals surface area contributed by atoms with Crippen LogP contribution in [0.4, 0.5) is 17.6 Å². The second kappa shape index (κ2) is 8.49. The molecule has 5 rings (SSSR count). The van der Waals surface area contributed by atoms with E-state index in [0.29, 0.717) is 27.5 Å². The van der Waals surface area contributed by atoms with E-state index in [1.807, 2.05) is 0 Å². The first kappa shape index (κ1) is 23.6. The smallest absolute Gasteiger partial charge is 0.423 e. The number of methoxy groups -OCH3 is 1. The van der Waals surface area contributed by atoms with E-state index in [4.69, 9.17) is 4.74 Å². The lowest BCUT2D eigenvalue weighted by atomic mass is 9.91. The van der Waals surface area contributed by atoms with Crippen LogP contribution in [0, 0.1) is 5.82 Å². The van der Waals surface area contributed by atoms with E-state index in [-0.39, 0.29) is 5.56 Å². The Morgan fingerprint density at radius 2 is 1.75 bits per heavy atom. The third-order valence-corrected chi connectivity index (χ3v) is 6.18. The van der Waals surface area contributed by atoms with Gasteiger partial charge in [-0.1, -0.05) is 24.3 Å². The van der Waals surface area contributed by atoms with Crippen molar-refractivity contribution in [2.24, 2.45) is 0 Å². The van der Waals surface area contributed by atoms with Crippen molar-refractivity contribution in [1.29, 1.82) is 0 Å². The maximum absolute atomic E-state index is 14.4. The molecule has 0 amide bonds. The van der Waals surface area contributed by atoms with E-state index < -0.39 is 35.7 Å². The topological polar surface area (TPSA) is 69.3 Å². The lowest BCUT2D eigenvalue weighted by molar-refractivity contribution is -0.271. The quantitative estimate of drug-likeness (QED) is 0.262. The van der Waals surface area contributed by atoms with Gasteiger partial charge in [0.1, 0.15) is 5.82 Å². The first-order valence-corrected chi connectivity index (χ1v) is 10.8.